The molecule has 1 N–H and O–H groups in total. The van der Waals surface area contributed by atoms with Crippen LogP contribution in [-0.4, -0.2) is 39.2 Å². The van der Waals surface area contributed by atoms with Gasteiger partial charge in [-0.2, -0.15) is 5.10 Å². The molecule has 8 nitrogen and oxygen atoms in total. The number of hydrogen-bond acceptors (Lipinski definition) is 6. The number of hydrogen-bond donors (Lipinski definition) is 1. The lowest BCUT2D eigenvalue weighted by Crippen LogP contribution is -2.39. The fourth-order valence-electron chi connectivity index (χ4n) is 2.81. The zero-order valence-electron chi connectivity index (χ0n) is 17.1. The molecule has 3 rings (SSSR count). The van der Waals surface area contributed by atoms with E-state index in [1.54, 1.807) is 60.9 Å². The Labute approximate surface area is 181 Å². The minimum atomic E-state index is -4.05. The second-order valence-corrected chi connectivity index (χ2v) is 8.44. The predicted octanol–water partition coefficient (Wildman–Crippen LogP) is 2.74. The average molecular weight is 439 g/mol. The number of aromatic nitrogens is 1. The Morgan fingerprint density at radius 2 is 1.94 bits per heavy atom. The summed E-state index contributed by atoms with van der Waals surface area (Å²) in [6.07, 6.45) is 4.63. The summed E-state index contributed by atoms with van der Waals surface area (Å²) in [5, 5.41) is 3.89. The first-order chi connectivity index (χ1) is 14.9. The summed E-state index contributed by atoms with van der Waals surface area (Å²) >= 11 is 0. The molecule has 0 unspecified atom stereocenters. The number of pyridine rings is 1. The molecule has 160 valence electrons. The highest BCUT2D eigenvalue weighted by molar-refractivity contribution is 7.92. The fourth-order valence-corrected chi connectivity index (χ4v) is 4.26. The smallest absolute Gasteiger partial charge is 0.264 e. The van der Waals surface area contributed by atoms with Gasteiger partial charge in [0.1, 0.15) is 12.3 Å². The quantitative estimate of drug-likeness (QED) is 0.431. The highest BCUT2D eigenvalue weighted by Crippen LogP contribution is 2.33. The molecule has 0 aliphatic heterocycles. The molecule has 0 bridgehead atoms. The molecular formula is C22H22N4O4S. The van der Waals surface area contributed by atoms with Crippen LogP contribution in [0.4, 0.5) is 5.69 Å². The van der Waals surface area contributed by atoms with Crippen LogP contribution in [0.15, 0.2) is 83.1 Å². The molecule has 0 saturated carbocycles. The van der Waals surface area contributed by atoms with Crippen molar-refractivity contribution in [2.75, 3.05) is 18.0 Å². The van der Waals surface area contributed by atoms with E-state index in [9.17, 15) is 13.2 Å². The molecule has 1 aromatic heterocycles. The van der Waals surface area contributed by atoms with Crippen molar-refractivity contribution in [3.8, 4) is 5.75 Å². The van der Waals surface area contributed by atoms with Crippen molar-refractivity contribution in [2.45, 2.75) is 11.8 Å². The number of sulfonamides is 1. The molecule has 0 saturated heterocycles. The normalized spacial score (nSPS) is 11.3. The third kappa shape index (κ3) is 5.46. The molecule has 1 heterocycles. The monoisotopic (exact) mass is 438 g/mol. The number of anilines is 1. The molecule has 0 atom stereocenters. The van der Waals surface area contributed by atoms with Crippen molar-refractivity contribution in [1.82, 2.24) is 10.4 Å². The minimum Gasteiger partial charge on any atom is -0.495 e. The third-order valence-corrected chi connectivity index (χ3v) is 6.08. The predicted molar refractivity (Wildman–Crippen MR) is 119 cm³/mol. The van der Waals surface area contributed by atoms with E-state index in [1.807, 2.05) is 6.92 Å². The average Bonchev–Trinajstić information content (AvgIpc) is 2.78. The maximum Gasteiger partial charge on any atom is 0.264 e. The molecule has 0 aliphatic rings. The van der Waals surface area contributed by atoms with Crippen molar-refractivity contribution in [2.24, 2.45) is 5.10 Å². The van der Waals surface area contributed by atoms with Crippen molar-refractivity contribution >= 4 is 27.8 Å². The van der Waals surface area contributed by atoms with Gasteiger partial charge in [0.15, 0.2) is 0 Å². The molecule has 3 aromatic rings. The Kier molecular flexibility index (Phi) is 6.99. The first-order valence-corrected chi connectivity index (χ1v) is 10.8. The van der Waals surface area contributed by atoms with Gasteiger partial charge >= 0.3 is 0 Å². The summed E-state index contributed by atoms with van der Waals surface area (Å²) in [6.45, 7) is 1.34. The van der Waals surface area contributed by atoms with Crippen LogP contribution in [0.1, 0.15) is 11.1 Å². The second kappa shape index (κ2) is 9.86. The molecule has 0 spiro atoms. The van der Waals surface area contributed by atoms with Gasteiger partial charge in [0, 0.05) is 18.0 Å². The first kappa shape index (κ1) is 22.0. The first-order valence-electron chi connectivity index (χ1n) is 9.36. The van der Waals surface area contributed by atoms with Crippen molar-refractivity contribution in [3.05, 3.63) is 84.2 Å². The summed E-state index contributed by atoms with van der Waals surface area (Å²) in [4.78, 5) is 16.6. The van der Waals surface area contributed by atoms with Gasteiger partial charge in [-0.15, -0.1) is 0 Å². The van der Waals surface area contributed by atoms with E-state index < -0.39 is 22.5 Å². The van der Waals surface area contributed by atoms with Crippen LogP contribution in [0.25, 0.3) is 0 Å². The van der Waals surface area contributed by atoms with Crippen molar-refractivity contribution in [1.29, 1.82) is 0 Å². The maximum atomic E-state index is 13.4. The van der Waals surface area contributed by atoms with Gasteiger partial charge in [-0.1, -0.05) is 30.3 Å². The van der Waals surface area contributed by atoms with E-state index in [0.29, 0.717) is 11.3 Å². The van der Waals surface area contributed by atoms with Crippen molar-refractivity contribution < 1.29 is 17.9 Å². The molecule has 2 aromatic carbocycles. The number of rotatable bonds is 8. The molecular weight excluding hydrogens is 416 g/mol. The van der Waals surface area contributed by atoms with E-state index >= 15 is 0 Å². The number of ether oxygens (including phenoxy) is 1. The van der Waals surface area contributed by atoms with Crippen LogP contribution in [0.3, 0.4) is 0 Å². The van der Waals surface area contributed by atoms with E-state index in [2.05, 4.69) is 15.5 Å². The molecule has 0 fully saturated rings. The second-order valence-electron chi connectivity index (χ2n) is 6.58. The van der Waals surface area contributed by atoms with Gasteiger partial charge in [-0.3, -0.25) is 14.1 Å². The van der Waals surface area contributed by atoms with Crippen LogP contribution < -0.4 is 14.5 Å². The zero-order chi connectivity index (χ0) is 22.3. The number of hydrazone groups is 1. The summed E-state index contributed by atoms with van der Waals surface area (Å²) in [7, 11) is -2.60. The summed E-state index contributed by atoms with van der Waals surface area (Å²) < 4.78 is 33.1. The van der Waals surface area contributed by atoms with Gasteiger partial charge in [0.2, 0.25) is 0 Å². The highest BCUT2D eigenvalue weighted by atomic mass is 32.2. The van der Waals surface area contributed by atoms with E-state index in [4.69, 9.17) is 4.74 Å². The fraction of sp³-hybridized carbons (Fsp3) is 0.136. The third-order valence-electron chi connectivity index (χ3n) is 4.31. The number of carbonyl (C=O) groups excluding carboxylic acids is 1. The molecule has 31 heavy (non-hydrogen) atoms. The Morgan fingerprint density at radius 3 is 2.61 bits per heavy atom. The summed E-state index contributed by atoms with van der Waals surface area (Å²) in [5.41, 5.74) is 4.13. The van der Waals surface area contributed by atoms with Gasteiger partial charge in [0.25, 0.3) is 15.9 Å². The van der Waals surface area contributed by atoms with E-state index in [1.165, 1.54) is 25.5 Å². The Morgan fingerprint density at radius 1 is 1.16 bits per heavy atom. The van der Waals surface area contributed by atoms with Gasteiger partial charge in [0.05, 0.1) is 23.9 Å². The van der Waals surface area contributed by atoms with Crippen LogP contribution >= 0.6 is 0 Å². The van der Waals surface area contributed by atoms with Gasteiger partial charge in [-0.25, -0.2) is 13.8 Å². The number of benzene rings is 2. The lowest BCUT2D eigenvalue weighted by atomic mass is 10.2. The Balaban J connectivity index is 1.92. The summed E-state index contributed by atoms with van der Waals surface area (Å²) in [6, 6.07) is 16.5. The van der Waals surface area contributed by atoms with Gasteiger partial charge in [-0.05, 0) is 42.8 Å². The van der Waals surface area contributed by atoms with Gasteiger partial charge < -0.3 is 4.74 Å². The Hall–Kier alpha value is -3.72. The number of nitrogens with zero attached hydrogens (tertiary/aromatic N) is 3. The zero-order valence-corrected chi connectivity index (χ0v) is 17.9. The number of nitrogens with one attached hydrogen (secondary N) is 1. The topological polar surface area (TPSA) is 101 Å². The number of carbonyl (C=O) groups is 1. The number of amides is 1. The molecule has 1 amide bonds. The van der Waals surface area contributed by atoms with Crippen LogP contribution in [0.5, 0.6) is 5.75 Å². The van der Waals surface area contributed by atoms with Crippen LogP contribution in [-0.2, 0) is 14.8 Å². The van der Waals surface area contributed by atoms with Crippen molar-refractivity contribution in [3.63, 3.8) is 0 Å². The Bertz CT molecular complexity index is 1170. The van der Waals surface area contributed by atoms with E-state index in [-0.39, 0.29) is 10.6 Å². The van der Waals surface area contributed by atoms with E-state index in [0.717, 1.165) is 9.87 Å². The molecule has 0 aliphatic carbocycles. The highest BCUT2D eigenvalue weighted by Gasteiger charge is 2.29. The minimum absolute atomic E-state index is 0.0604. The molecule has 0 radical (unpaired) electrons. The standard InChI is InChI=1S/C22H22N4O4S/c1-17-10-11-21(30-2)20(13-17)26(31(28,29)19-8-4-3-5-9-19)16-22(27)25-24-15-18-7-6-12-23-14-18/h3-15H,16H2,1-2H3,(H,25,27)/b24-15-. The largest absolute Gasteiger partial charge is 0.495 e. The number of aryl methyl sites for hydroxylation is 1. The summed E-state index contributed by atoms with van der Waals surface area (Å²) in [5.74, 6) is -0.278. The lowest BCUT2D eigenvalue weighted by molar-refractivity contribution is -0.119. The lowest BCUT2D eigenvalue weighted by Gasteiger charge is -2.25. The van der Waals surface area contributed by atoms with Crippen LogP contribution in [0.2, 0.25) is 0 Å². The SMILES string of the molecule is COc1ccc(C)cc1N(CC(=O)N/N=C\c1cccnc1)S(=O)(=O)c1ccccc1. The number of methoxy groups -OCH3 is 1. The van der Waals surface area contributed by atoms with Crippen LogP contribution in [0, 0.1) is 6.92 Å². The molecule has 9 heteroatoms. The maximum absolute atomic E-state index is 13.4.